The molecule has 2 heterocycles. The Bertz CT molecular complexity index is 695. The Morgan fingerprint density at radius 2 is 2.14 bits per heavy atom. The van der Waals surface area contributed by atoms with Crippen molar-refractivity contribution in [2.75, 3.05) is 6.61 Å². The van der Waals surface area contributed by atoms with Gasteiger partial charge >= 0.3 is 11.9 Å². The summed E-state index contributed by atoms with van der Waals surface area (Å²) in [6.07, 6.45) is -1.55. The summed E-state index contributed by atoms with van der Waals surface area (Å²) in [6, 6.07) is 0. The van der Waals surface area contributed by atoms with E-state index in [1.165, 1.54) is 6.92 Å². The SMILES string of the molecule is CCOC(=O)C1OC(=O)C(N=Nc2nnc(C(C)=O)s2)=C1O. The maximum atomic E-state index is 11.6. The van der Waals surface area contributed by atoms with Gasteiger partial charge in [0, 0.05) is 6.92 Å². The lowest BCUT2D eigenvalue weighted by Gasteiger charge is -2.07. The van der Waals surface area contributed by atoms with Gasteiger partial charge < -0.3 is 14.6 Å². The van der Waals surface area contributed by atoms with Crippen LogP contribution in [0, 0.1) is 0 Å². The Labute approximate surface area is 127 Å². The van der Waals surface area contributed by atoms with Gasteiger partial charge in [-0.25, -0.2) is 9.59 Å². The molecule has 0 bridgehead atoms. The highest BCUT2D eigenvalue weighted by molar-refractivity contribution is 7.16. The molecular weight excluding hydrogens is 316 g/mol. The van der Waals surface area contributed by atoms with Crippen molar-refractivity contribution >= 4 is 34.2 Å². The van der Waals surface area contributed by atoms with Gasteiger partial charge in [-0.2, -0.15) is 0 Å². The molecular formula is C11H10N4O6S. The predicted molar refractivity (Wildman–Crippen MR) is 70.6 cm³/mol. The van der Waals surface area contributed by atoms with Gasteiger partial charge in [-0.1, -0.05) is 11.3 Å². The monoisotopic (exact) mass is 326 g/mol. The summed E-state index contributed by atoms with van der Waals surface area (Å²) in [4.78, 5) is 34.1. The summed E-state index contributed by atoms with van der Waals surface area (Å²) < 4.78 is 9.30. The van der Waals surface area contributed by atoms with E-state index in [1.54, 1.807) is 6.92 Å². The normalized spacial score (nSPS) is 17.9. The van der Waals surface area contributed by atoms with Crippen LogP contribution in [0.25, 0.3) is 0 Å². The van der Waals surface area contributed by atoms with Crippen LogP contribution in [0.3, 0.4) is 0 Å². The molecule has 1 N–H and O–H groups in total. The molecule has 1 unspecified atom stereocenters. The lowest BCUT2D eigenvalue weighted by Crippen LogP contribution is -2.25. The van der Waals surface area contributed by atoms with Crippen molar-refractivity contribution in [3.63, 3.8) is 0 Å². The van der Waals surface area contributed by atoms with Crippen LogP contribution in [-0.2, 0) is 19.1 Å². The van der Waals surface area contributed by atoms with E-state index < -0.39 is 29.5 Å². The van der Waals surface area contributed by atoms with E-state index in [4.69, 9.17) is 0 Å². The minimum Gasteiger partial charge on any atom is -0.506 e. The molecule has 0 aliphatic carbocycles. The molecule has 1 aromatic rings. The molecule has 0 saturated carbocycles. The Morgan fingerprint density at radius 3 is 2.73 bits per heavy atom. The van der Waals surface area contributed by atoms with Crippen LogP contribution >= 0.6 is 11.3 Å². The van der Waals surface area contributed by atoms with E-state index in [0.717, 1.165) is 11.3 Å². The Hall–Kier alpha value is -2.69. The second-order valence-electron chi connectivity index (χ2n) is 3.92. The van der Waals surface area contributed by atoms with Gasteiger partial charge in [-0.05, 0) is 6.92 Å². The largest absolute Gasteiger partial charge is 0.506 e. The third-order valence-electron chi connectivity index (χ3n) is 2.36. The molecule has 116 valence electrons. The highest BCUT2D eigenvalue weighted by Crippen LogP contribution is 2.26. The zero-order valence-electron chi connectivity index (χ0n) is 11.5. The summed E-state index contributed by atoms with van der Waals surface area (Å²) in [7, 11) is 0. The Morgan fingerprint density at radius 1 is 1.41 bits per heavy atom. The Kier molecular flexibility index (Phi) is 4.56. The van der Waals surface area contributed by atoms with Gasteiger partial charge in [-0.3, -0.25) is 4.79 Å². The minimum absolute atomic E-state index is 0.0119. The molecule has 0 amide bonds. The molecule has 1 atom stereocenters. The first-order chi connectivity index (χ1) is 10.4. The second-order valence-corrected chi connectivity index (χ2v) is 4.87. The van der Waals surface area contributed by atoms with Gasteiger partial charge in [0.2, 0.25) is 5.70 Å². The first-order valence-corrected chi connectivity index (χ1v) is 6.82. The van der Waals surface area contributed by atoms with Crippen LogP contribution in [0.2, 0.25) is 0 Å². The molecule has 22 heavy (non-hydrogen) atoms. The quantitative estimate of drug-likeness (QED) is 0.481. The van der Waals surface area contributed by atoms with Crippen LogP contribution in [-0.4, -0.2) is 45.7 Å². The number of rotatable bonds is 5. The van der Waals surface area contributed by atoms with Crippen molar-refractivity contribution in [1.29, 1.82) is 0 Å². The fourth-order valence-electron chi connectivity index (χ4n) is 1.41. The molecule has 10 nitrogen and oxygen atoms in total. The van der Waals surface area contributed by atoms with E-state index in [2.05, 4.69) is 29.9 Å². The number of esters is 2. The maximum absolute atomic E-state index is 11.6. The molecule has 0 saturated heterocycles. The van der Waals surface area contributed by atoms with Crippen molar-refractivity contribution in [1.82, 2.24) is 10.2 Å². The fourth-order valence-corrected chi connectivity index (χ4v) is 1.97. The first kappa shape index (κ1) is 15.7. The van der Waals surface area contributed by atoms with Crippen molar-refractivity contribution in [3.8, 4) is 0 Å². The zero-order chi connectivity index (χ0) is 16.3. The number of carbonyl (C=O) groups is 3. The smallest absolute Gasteiger partial charge is 0.363 e. The van der Waals surface area contributed by atoms with E-state index in [9.17, 15) is 19.5 Å². The van der Waals surface area contributed by atoms with Crippen molar-refractivity contribution < 1.29 is 29.0 Å². The molecule has 2 rings (SSSR count). The van der Waals surface area contributed by atoms with E-state index >= 15 is 0 Å². The summed E-state index contributed by atoms with van der Waals surface area (Å²) >= 11 is 0.862. The number of ketones is 1. The molecule has 1 aliphatic heterocycles. The number of hydrogen-bond acceptors (Lipinski definition) is 11. The highest BCUT2D eigenvalue weighted by Gasteiger charge is 2.40. The first-order valence-electron chi connectivity index (χ1n) is 6.01. The van der Waals surface area contributed by atoms with Crippen LogP contribution in [0.5, 0.6) is 0 Å². The number of cyclic esters (lactones) is 1. The third-order valence-corrected chi connectivity index (χ3v) is 3.27. The van der Waals surface area contributed by atoms with Crippen LogP contribution in [0.15, 0.2) is 21.7 Å². The molecule has 0 aromatic carbocycles. The highest BCUT2D eigenvalue weighted by atomic mass is 32.1. The standard InChI is InChI=1S/C11H10N4O6S/c1-3-20-10(19)7-6(17)5(9(18)21-7)12-14-11-15-13-8(22-11)4(2)16/h7,17H,3H2,1-2H3. The number of carbonyl (C=O) groups excluding carboxylic acids is 3. The van der Waals surface area contributed by atoms with Crippen molar-refractivity contribution in [2.45, 2.75) is 20.0 Å². The number of ether oxygens (including phenoxy) is 2. The zero-order valence-corrected chi connectivity index (χ0v) is 12.3. The van der Waals surface area contributed by atoms with E-state index in [-0.39, 0.29) is 22.5 Å². The fraction of sp³-hybridized carbons (Fsp3) is 0.364. The third kappa shape index (κ3) is 3.14. The molecule has 0 fully saturated rings. The average Bonchev–Trinajstić information content (AvgIpc) is 3.03. The molecule has 1 aromatic heterocycles. The summed E-state index contributed by atoms with van der Waals surface area (Å²) in [5.74, 6) is -2.91. The number of azo groups is 1. The van der Waals surface area contributed by atoms with Gasteiger partial charge in [0.25, 0.3) is 11.2 Å². The molecule has 0 spiro atoms. The topological polar surface area (TPSA) is 140 Å². The lowest BCUT2D eigenvalue weighted by molar-refractivity contribution is -0.161. The summed E-state index contributed by atoms with van der Waals surface area (Å²) in [6.45, 7) is 2.95. The molecule has 0 radical (unpaired) electrons. The minimum atomic E-state index is -1.55. The van der Waals surface area contributed by atoms with Crippen LogP contribution in [0.4, 0.5) is 5.13 Å². The Balaban J connectivity index is 2.19. The molecule has 1 aliphatic rings. The van der Waals surface area contributed by atoms with Crippen molar-refractivity contribution in [2.24, 2.45) is 10.2 Å². The number of aliphatic hydroxyl groups excluding tert-OH is 1. The van der Waals surface area contributed by atoms with Crippen LogP contribution in [0.1, 0.15) is 23.6 Å². The summed E-state index contributed by atoms with van der Waals surface area (Å²) in [5, 5.41) is 24.1. The van der Waals surface area contributed by atoms with Crippen molar-refractivity contribution in [3.05, 3.63) is 16.5 Å². The predicted octanol–water partition coefficient (Wildman–Crippen LogP) is 1.08. The number of Topliss-reactive ketones (excluding diaryl/α,β-unsaturated/α-hetero) is 1. The van der Waals surface area contributed by atoms with Gasteiger partial charge in [0.15, 0.2) is 16.6 Å². The van der Waals surface area contributed by atoms with E-state index in [0.29, 0.717) is 0 Å². The lowest BCUT2D eigenvalue weighted by atomic mass is 10.3. The second kappa shape index (κ2) is 6.39. The maximum Gasteiger partial charge on any atom is 0.363 e. The number of aliphatic hydroxyl groups is 1. The number of nitrogens with zero attached hydrogens (tertiary/aromatic N) is 4. The van der Waals surface area contributed by atoms with Gasteiger partial charge in [0.1, 0.15) is 0 Å². The molecule has 11 heteroatoms. The average molecular weight is 326 g/mol. The van der Waals surface area contributed by atoms with Gasteiger partial charge in [0.05, 0.1) is 6.61 Å². The number of hydrogen-bond donors (Lipinski definition) is 1. The van der Waals surface area contributed by atoms with E-state index in [1.807, 2.05) is 0 Å². The van der Waals surface area contributed by atoms with Gasteiger partial charge in [-0.15, -0.1) is 20.4 Å². The summed E-state index contributed by atoms with van der Waals surface area (Å²) in [5.41, 5.74) is -0.530. The van der Waals surface area contributed by atoms with Crippen LogP contribution < -0.4 is 0 Å². The number of aromatic nitrogens is 2.